The summed E-state index contributed by atoms with van der Waals surface area (Å²) in [4.78, 5) is 3.03. The van der Waals surface area contributed by atoms with Crippen molar-refractivity contribution in [2.75, 3.05) is 6.61 Å². The van der Waals surface area contributed by atoms with Crippen molar-refractivity contribution in [3.8, 4) is 0 Å². The zero-order chi connectivity index (χ0) is 10.1. The first-order valence-electron chi connectivity index (χ1n) is 3.56. The van der Waals surface area contributed by atoms with Crippen LogP contribution in [0.15, 0.2) is 0 Å². The summed E-state index contributed by atoms with van der Waals surface area (Å²) in [6.07, 6.45) is -9.67. The Hall–Kier alpha value is -0.400. The fourth-order valence-electron chi connectivity index (χ4n) is 0.974. The minimum atomic E-state index is -4.68. The molecule has 0 aromatic carbocycles. The summed E-state index contributed by atoms with van der Waals surface area (Å²) in [5.74, 6) is 0. The molecule has 0 spiro atoms. The predicted molar refractivity (Wildman–Crippen MR) is 32.3 cm³/mol. The lowest BCUT2D eigenvalue weighted by atomic mass is 10.3. The molecule has 7 heteroatoms. The molecule has 0 amide bonds. The van der Waals surface area contributed by atoms with Crippen molar-refractivity contribution >= 4 is 0 Å². The highest BCUT2D eigenvalue weighted by atomic mass is 19.4. The van der Waals surface area contributed by atoms with Crippen molar-refractivity contribution in [3.63, 3.8) is 0 Å². The molecule has 1 fully saturated rings. The van der Waals surface area contributed by atoms with Gasteiger partial charge in [0.15, 0.2) is 0 Å². The third-order valence-electron chi connectivity index (χ3n) is 1.53. The number of halogens is 4. The topological polar surface area (TPSA) is 27.7 Å². The average Bonchev–Trinajstić information content (AvgIpc) is 2.01. The van der Waals surface area contributed by atoms with Crippen LogP contribution in [0.4, 0.5) is 17.7 Å². The Morgan fingerprint density at radius 3 is 2.46 bits per heavy atom. The molecule has 1 aliphatic heterocycles. The molecule has 0 aromatic heterocycles. The Balaban J connectivity index is 2.63. The van der Waals surface area contributed by atoms with Crippen LogP contribution in [0, 0.1) is 0 Å². The summed E-state index contributed by atoms with van der Waals surface area (Å²) in [6.45, 7) is 1.22. The summed E-state index contributed by atoms with van der Waals surface area (Å²) in [5.41, 5.74) is 0. The molecule has 0 saturated carbocycles. The standard InChI is InChI=1S/C6H8F4O3/c1-3-2-11-4(6(7,8)9)5(12-3)13-10/h3-5H,2H2,1H3. The van der Waals surface area contributed by atoms with Gasteiger partial charge in [0.2, 0.25) is 12.4 Å². The van der Waals surface area contributed by atoms with Gasteiger partial charge in [-0.1, -0.05) is 0 Å². The molecule has 0 N–H and O–H groups in total. The van der Waals surface area contributed by atoms with Crippen molar-refractivity contribution in [1.29, 1.82) is 0 Å². The molecule has 1 heterocycles. The Morgan fingerprint density at radius 2 is 2.00 bits per heavy atom. The average molecular weight is 204 g/mol. The number of alkyl halides is 3. The van der Waals surface area contributed by atoms with Crippen LogP contribution >= 0.6 is 0 Å². The molecule has 3 nitrogen and oxygen atoms in total. The van der Waals surface area contributed by atoms with Gasteiger partial charge in [0.1, 0.15) is 0 Å². The van der Waals surface area contributed by atoms with Crippen molar-refractivity contribution in [2.45, 2.75) is 31.6 Å². The molecule has 3 atom stereocenters. The second-order valence-electron chi connectivity index (χ2n) is 2.70. The Labute approximate surface area is 71.5 Å². The van der Waals surface area contributed by atoms with Crippen LogP contribution in [0.2, 0.25) is 0 Å². The van der Waals surface area contributed by atoms with Crippen LogP contribution in [0.3, 0.4) is 0 Å². The minimum Gasteiger partial charge on any atom is -0.361 e. The zero-order valence-electron chi connectivity index (χ0n) is 6.68. The Morgan fingerprint density at radius 1 is 1.38 bits per heavy atom. The first kappa shape index (κ1) is 10.7. The molecule has 0 aliphatic carbocycles. The van der Waals surface area contributed by atoms with Crippen LogP contribution in [0.1, 0.15) is 6.92 Å². The monoisotopic (exact) mass is 204 g/mol. The second kappa shape index (κ2) is 3.77. The smallest absolute Gasteiger partial charge is 0.361 e. The predicted octanol–water partition coefficient (Wildman–Crippen LogP) is 1.58. The molecule has 0 bridgehead atoms. The highest BCUT2D eigenvalue weighted by Crippen LogP contribution is 2.30. The van der Waals surface area contributed by atoms with Crippen LogP contribution in [0.25, 0.3) is 0 Å². The number of ether oxygens (including phenoxy) is 2. The van der Waals surface area contributed by atoms with E-state index in [4.69, 9.17) is 0 Å². The van der Waals surface area contributed by atoms with Gasteiger partial charge in [-0.3, -0.25) is 0 Å². The first-order chi connectivity index (χ1) is 5.95. The lowest BCUT2D eigenvalue weighted by Crippen LogP contribution is -2.50. The minimum absolute atomic E-state index is 0.232. The number of hydrogen-bond donors (Lipinski definition) is 0. The molecular formula is C6H8F4O3. The maximum atomic E-state index is 12.1. The summed E-state index contributed by atoms with van der Waals surface area (Å²) in [7, 11) is 0. The van der Waals surface area contributed by atoms with E-state index in [1.54, 1.807) is 0 Å². The van der Waals surface area contributed by atoms with Gasteiger partial charge in [0.25, 0.3) is 0 Å². The van der Waals surface area contributed by atoms with E-state index in [2.05, 4.69) is 14.4 Å². The molecule has 0 aromatic rings. The van der Waals surface area contributed by atoms with Gasteiger partial charge < -0.3 is 9.47 Å². The summed E-state index contributed by atoms with van der Waals surface area (Å²) in [5, 5.41) is 0. The van der Waals surface area contributed by atoms with Gasteiger partial charge in [-0.15, -0.1) is 0 Å². The largest absolute Gasteiger partial charge is 0.419 e. The molecule has 1 rings (SSSR count). The van der Waals surface area contributed by atoms with Crippen molar-refractivity contribution in [1.82, 2.24) is 0 Å². The summed E-state index contributed by atoms with van der Waals surface area (Å²) >= 11 is 0. The molecule has 0 radical (unpaired) electrons. The van der Waals surface area contributed by atoms with E-state index in [9.17, 15) is 17.7 Å². The molecule has 78 valence electrons. The van der Waals surface area contributed by atoms with Gasteiger partial charge in [0, 0.05) is 0 Å². The van der Waals surface area contributed by atoms with Gasteiger partial charge in [-0.05, 0) is 11.4 Å². The van der Waals surface area contributed by atoms with E-state index in [0.717, 1.165) is 0 Å². The van der Waals surface area contributed by atoms with Gasteiger partial charge in [-0.25, -0.2) is 0 Å². The fraction of sp³-hybridized carbons (Fsp3) is 1.00. The van der Waals surface area contributed by atoms with Crippen LogP contribution in [-0.2, 0) is 14.4 Å². The SMILES string of the molecule is CC1COC(C(F)(F)F)C(OF)O1. The van der Waals surface area contributed by atoms with Gasteiger partial charge in [0.05, 0.1) is 12.7 Å². The zero-order valence-corrected chi connectivity index (χ0v) is 6.68. The van der Waals surface area contributed by atoms with Crippen LogP contribution in [-0.4, -0.2) is 31.3 Å². The van der Waals surface area contributed by atoms with E-state index in [1.807, 2.05) is 0 Å². The van der Waals surface area contributed by atoms with E-state index < -0.39 is 24.7 Å². The lowest BCUT2D eigenvalue weighted by Gasteiger charge is -2.33. The highest BCUT2D eigenvalue weighted by molar-refractivity contribution is 4.76. The first-order valence-corrected chi connectivity index (χ1v) is 3.56. The molecule has 1 saturated heterocycles. The van der Waals surface area contributed by atoms with E-state index >= 15 is 0 Å². The van der Waals surface area contributed by atoms with Crippen molar-refractivity contribution < 1.29 is 32.1 Å². The molecule has 13 heavy (non-hydrogen) atoms. The molecule has 1 aliphatic rings. The quantitative estimate of drug-likeness (QED) is 0.607. The highest BCUT2D eigenvalue weighted by Gasteiger charge is 2.50. The van der Waals surface area contributed by atoms with Crippen LogP contribution in [0.5, 0.6) is 0 Å². The van der Waals surface area contributed by atoms with E-state index in [1.165, 1.54) is 6.92 Å². The van der Waals surface area contributed by atoms with Crippen LogP contribution < -0.4 is 0 Å². The normalized spacial score (nSPS) is 36.2. The maximum absolute atomic E-state index is 12.1. The third-order valence-corrected chi connectivity index (χ3v) is 1.53. The van der Waals surface area contributed by atoms with Gasteiger partial charge >= 0.3 is 6.18 Å². The van der Waals surface area contributed by atoms with E-state index in [-0.39, 0.29) is 6.61 Å². The van der Waals surface area contributed by atoms with Crippen molar-refractivity contribution in [2.24, 2.45) is 0 Å². The lowest BCUT2D eigenvalue weighted by molar-refractivity contribution is -0.389. The number of rotatable bonds is 1. The second-order valence-corrected chi connectivity index (χ2v) is 2.70. The Bertz CT molecular complexity index is 172. The molecule has 3 unspecified atom stereocenters. The third kappa shape index (κ3) is 2.52. The Kier molecular flexibility index (Phi) is 3.09. The summed E-state index contributed by atoms with van der Waals surface area (Å²) in [6, 6.07) is 0. The fourth-order valence-corrected chi connectivity index (χ4v) is 0.974. The maximum Gasteiger partial charge on any atom is 0.419 e. The molecular weight excluding hydrogens is 196 g/mol. The van der Waals surface area contributed by atoms with Crippen molar-refractivity contribution in [3.05, 3.63) is 0 Å². The van der Waals surface area contributed by atoms with Gasteiger partial charge in [-0.2, -0.15) is 18.1 Å². The number of hydrogen-bond acceptors (Lipinski definition) is 3. The van der Waals surface area contributed by atoms with E-state index in [0.29, 0.717) is 0 Å². The summed E-state index contributed by atoms with van der Waals surface area (Å²) < 4.78 is 56.7.